The van der Waals surface area contributed by atoms with Gasteiger partial charge in [-0.05, 0) is 50.6 Å². The molecule has 1 aliphatic carbocycles. The zero-order valence-corrected chi connectivity index (χ0v) is 15.5. The van der Waals surface area contributed by atoms with Crippen molar-refractivity contribution in [3.63, 3.8) is 0 Å². The summed E-state index contributed by atoms with van der Waals surface area (Å²) in [5.74, 6) is 0.711. The monoisotopic (exact) mass is 363 g/mol. The van der Waals surface area contributed by atoms with Crippen molar-refractivity contribution in [1.29, 1.82) is 5.26 Å². The Morgan fingerprint density at radius 3 is 2.64 bits per heavy atom. The Labute approximate surface area is 154 Å². The van der Waals surface area contributed by atoms with E-state index in [9.17, 15) is 10.1 Å². The van der Waals surface area contributed by atoms with Gasteiger partial charge in [-0.3, -0.25) is 9.69 Å². The molecule has 1 aliphatic rings. The molecule has 0 aromatic heterocycles. The van der Waals surface area contributed by atoms with Crippen molar-refractivity contribution >= 4 is 17.5 Å². The summed E-state index contributed by atoms with van der Waals surface area (Å²) in [4.78, 5) is 14.2. The maximum Gasteiger partial charge on any atom is 0.235 e. The first-order valence-electron chi connectivity index (χ1n) is 8.82. The molecule has 0 saturated heterocycles. The molecule has 1 N–H and O–H groups in total. The molecule has 136 valence electrons. The van der Waals surface area contributed by atoms with E-state index in [0.717, 1.165) is 50.8 Å². The average molecular weight is 364 g/mol. The van der Waals surface area contributed by atoms with Crippen molar-refractivity contribution < 1.29 is 9.53 Å². The van der Waals surface area contributed by atoms with E-state index >= 15 is 0 Å². The molecule has 5 nitrogen and oxygen atoms in total. The number of amides is 1. The summed E-state index contributed by atoms with van der Waals surface area (Å²) in [6.45, 7) is 1.63. The van der Waals surface area contributed by atoms with E-state index in [1.54, 1.807) is 12.1 Å². The van der Waals surface area contributed by atoms with Crippen molar-refractivity contribution in [3.05, 3.63) is 29.3 Å². The Morgan fingerprint density at radius 1 is 1.32 bits per heavy atom. The van der Waals surface area contributed by atoms with Gasteiger partial charge in [-0.25, -0.2) is 0 Å². The third-order valence-electron chi connectivity index (χ3n) is 4.48. The van der Waals surface area contributed by atoms with E-state index in [0.29, 0.717) is 18.2 Å². The Kier molecular flexibility index (Phi) is 7.54. The molecule has 1 aromatic rings. The minimum absolute atomic E-state index is 0.0791. The summed E-state index contributed by atoms with van der Waals surface area (Å²) in [6, 6.07) is 9.58. The van der Waals surface area contributed by atoms with Crippen LogP contribution in [0.2, 0.25) is 5.02 Å². The zero-order chi connectivity index (χ0) is 18.1. The molecule has 0 spiro atoms. The van der Waals surface area contributed by atoms with E-state index in [1.165, 1.54) is 0 Å². The topological polar surface area (TPSA) is 65.4 Å². The van der Waals surface area contributed by atoms with Gasteiger partial charge in [-0.15, -0.1) is 0 Å². The van der Waals surface area contributed by atoms with E-state index in [4.69, 9.17) is 16.3 Å². The van der Waals surface area contributed by atoms with Gasteiger partial charge in [-0.2, -0.15) is 5.26 Å². The van der Waals surface area contributed by atoms with Crippen LogP contribution in [-0.2, 0) is 4.79 Å². The van der Waals surface area contributed by atoms with Crippen LogP contribution >= 0.6 is 11.6 Å². The number of nitrogens with zero attached hydrogens (tertiary/aromatic N) is 2. The maximum absolute atomic E-state index is 12.2. The average Bonchev–Trinajstić information content (AvgIpc) is 2.61. The van der Waals surface area contributed by atoms with Gasteiger partial charge in [0, 0.05) is 11.6 Å². The molecule has 0 heterocycles. The number of hydrogen-bond donors (Lipinski definition) is 1. The van der Waals surface area contributed by atoms with E-state index in [1.807, 2.05) is 24.1 Å². The third-order valence-corrected chi connectivity index (χ3v) is 4.73. The first-order chi connectivity index (χ1) is 12.0. The second kappa shape index (κ2) is 9.65. The van der Waals surface area contributed by atoms with Crippen LogP contribution in [0.4, 0.5) is 0 Å². The van der Waals surface area contributed by atoms with Crippen LogP contribution in [-0.4, -0.2) is 43.1 Å². The molecule has 1 amide bonds. The summed E-state index contributed by atoms with van der Waals surface area (Å²) in [5.41, 5.74) is -0.659. The fraction of sp³-hybridized carbons (Fsp3) is 0.579. The quantitative estimate of drug-likeness (QED) is 0.719. The zero-order valence-electron chi connectivity index (χ0n) is 14.8. The number of ether oxygens (including phenoxy) is 1. The molecule has 0 bridgehead atoms. The van der Waals surface area contributed by atoms with Crippen LogP contribution in [0.15, 0.2) is 24.3 Å². The second-order valence-corrected chi connectivity index (χ2v) is 7.13. The van der Waals surface area contributed by atoms with Gasteiger partial charge in [0.15, 0.2) is 0 Å². The molecule has 0 aliphatic heterocycles. The minimum atomic E-state index is -0.659. The first-order valence-corrected chi connectivity index (χ1v) is 9.20. The number of rotatable bonds is 8. The highest BCUT2D eigenvalue weighted by Gasteiger charge is 2.33. The normalized spacial score (nSPS) is 16.2. The number of carbonyl (C=O) groups excluding carboxylic acids is 1. The Hall–Kier alpha value is -1.77. The van der Waals surface area contributed by atoms with Gasteiger partial charge < -0.3 is 10.1 Å². The predicted molar refractivity (Wildman–Crippen MR) is 98.6 cm³/mol. The van der Waals surface area contributed by atoms with Crippen LogP contribution < -0.4 is 10.1 Å². The van der Waals surface area contributed by atoms with Gasteiger partial charge in [0.2, 0.25) is 5.91 Å². The molecule has 0 unspecified atom stereocenters. The minimum Gasteiger partial charge on any atom is -0.494 e. The number of benzene rings is 1. The highest BCUT2D eigenvalue weighted by atomic mass is 35.5. The lowest BCUT2D eigenvalue weighted by Gasteiger charge is -2.32. The summed E-state index contributed by atoms with van der Waals surface area (Å²) in [5, 5.41) is 13.1. The standard InChI is InChI=1S/C19H26ClN3O2/c1-23(12-5-13-25-17-8-6-16(20)7-9-17)14-18(24)22-19(15-21)10-3-2-4-11-19/h6-9H,2-5,10-14H2,1H3,(H,22,24). The summed E-state index contributed by atoms with van der Waals surface area (Å²) in [7, 11) is 1.90. The predicted octanol–water partition coefficient (Wildman–Crippen LogP) is 3.38. The summed E-state index contributed by atoms with van der Waals surface area (Å²) in [6.07, 6.45) is 5.49. The Balaban J connectivity index is 1.65. The molecule has 1 aromatic carbocycles. The Bertz CT molecular complexity index is 592. The van der Waals surface area contributed by atoms with Crippen molar-refractivity contribution in [2.24, 2.45) is 0 Å². The van der Waals surface area contributed by atoms with Crippen LogP contribution in [0.25, 0.3) is 0 Å². The van der Waals surface area contributed by atoms with E-state index < -0.39 is 5.54 Å². The Morgan fingerprint density at radius 2 is 2.00 bits per heavy atom. The molecular weight excluding hydrogens is 338 g/mol. The lowest BCUT2D eigenvalue weighted by molar-refractivity contribution is -0.123. The first kappa shape index (κ1) is 19.6. The maximum atomic E-state index is 12.2. The lowest BCUT2D eigenvalue weighted by atomic mass is 9.83. The molecule has 1 fully saturated rings. The van der Waals surface area contributed by atoms with Crippen molar-refractivity contribution in [1.82, 2.24) is 10.2 Å². The second-order valence-electron chi connectivity index (χ2n) is 6.70. The van der Waals surface area contributed by atoms with Gasteiger partial charge in [0.1, 0.15) is 11.3 Å². The van der Waals surface area contributed by atoms with Crippen LogP contribution in [0.5, 0.6) is 5.75 Å². The molecule has 2 rings (SSSR count). The van der Waals surface area contributed by atoms with Crippen LogP contribution in [0.1, 0.15) is 38.5 Å². The highest BCUT2D eigenvalue weighted by molar-refractivity contribution is 6.30. The van der Waals surface area contributed by atoms with E-state index in [2.05, 4.69) is 11.4 Å². The highest BCUT2D eigenvalue weighted by Crippen LogP contribution is 2.27. The SMILES string of the molecule is CN(CCCOc1ccc(Cl)cc1)CC(=O)NC1(C#N)CCCCC1. The molecule has 1 saturated carbocycles. The largest absolute Gasteiger partial charge is 0.494 e. The number of halogens is 1. The smallest absolute Gasteiger partial charge is 0.235 e. The van der Waals surface area contributed by atoms with Gasteiger partial charge >= 0.3 is 0 Å². The van der Waals surface area contributed by atoms with Crippen LogP contribution in [0.3, 0.4) is 0 Å². The van der Waals surface area contributed by atoms with Crippen molar-refractivity contribution in [3.8, 4) is 11.8 Å². The van der Waals surface area contributed by atoms with E-state index in [-0.39, 0.29) is 5.91 Å². The van der Waals surface area contributed by atoms with Crippen LogP contribution in [0, 0.1) is 11.3 Å². The van der Waals surface area contributed by atoms with Crippen molar-refractivity contribution in [2.75, 3.05) is 26.7 Å². The molecule has 0 radical (unpaired) electrons. The molecule has 25 heavy (non-hydrogen) atoms. The lowest BCUT2D eigenvalue weighted by Crippen LogP contribution is -2.51. The molecule has 6 heteroatoms. The van der Waals surface area contributed by atoms with Crippen molar-refractivity contribution in [2.45, 2.75) is 44.1 Å². The van der Waals surface area contributed by atoms with Gasteiger partial charge in [0.25, 0.3) is 0 Å². The number of nitriles is 1. The number of hydrogen-bond acceptors (Lipinski definition) is 4. The molecular formula is C19H26ClN3O2. The summed E-state index contributed by atoms with van der Waals surface area (Å²) >= 11 is 5.83. The summed E-state index contributed by atoms with van der Waals surface area (Å²) < 4.78 is 5.64. The fourth-order valence-electron chi connectivity index (χ4n) is 3.11. The fourth-order valence-corrected chi connectivity index (χ4v) is 3.23. The number of likely N-dealkylation sites (N-methyl/N-ethyl adjacent to an activating group) is 1. The molecule has 0 atom stereocenters. The number of nitrogens with one attached hydrogen (secondary N) is 1. The third kappa shape index (κ3) is 6.56. The number of carbonyl (C=O) groups is 1. The van der Waals surface area contributed by atoms with Gasteiger partial charge in [-0.1, -0.05) is 30.9 Å². The van der Waals surface area contributed by atoms with Gasteiger partial charge in [0.05, 0.1) is 19.2 Å².